The molecule has 4 nitrogen and oxygen atoms in total. The Morgan fingerprint density at radius 3 is 2.53 bits per heavy atom. The maximum atomic E-state index is 12.0. The molecule has 0 aliphatic heterocycles. The second-order valence-corrected chi connectivity index (χ2v) is 5.42. The number of anilines is 1. The minimum atomic E-state index is -0.221. The highest BCUT2D eigenvalue weighted by Crippen LogP contribution is 2.11. The zero-order valence-corrected chi connectivity index (χ0v) is 12.2. The van der Waals surface area contributed by atoms with Gasteiger partial charge in [-0.1, -0.05) is 17.2 Å². The fourth-order valence-electron chi connectivity index (χ4n) is 1.69. The topological polar surface area (TPSA) is 54.0 Å². The first-order chi connectivity index (χ1) is 9.04. The van der Waals surface area contributed by atoms with Crippen molar-refractivity contribution < 1.29 is 4.79 Å². The summed E-state index contributed by atoms with van der Waals surface area (Å²) in [5.41, 5.74) is 2.69. The summed E-state index contributed by atoms with van der Waals surface area (Å²) in [5, 5.41) is 8.23. The van der Waals surface area contributed by atoms with Crippen molar-refractivity contribution in [2.45, 2.75) is 13.8 Å². The van der Waals surface area contributed by atoms with Crippen molar-refractivity contribution >= 4 is 39.7 Å². The van der Waals surface area contributed by atoms with E-state index in [0.717, 1.165) is 11.1 Å². The van der Waals surface area contributed by atoms with Gasteiger partial charge in [0, 0.05) is 17.1 Å². The lowest BCUT2D eigenvalue weighted by atomic mass is 10.1. The standard InChI is InChI=1S/C13H13N3OS2/c1-8-5-9(2)7-10(6-8)11(17)15-12(18)16-13-14-3-4-19-13/h3-7H,1-2H3,(H2,14,15,16,17,18). The van der Waals surface area contributed by atoms with E-state index in [1.165, 1.54) is 11.3 Å². The summed E-state index contributed by atoms with van der Waals surface area (Å²) in [6, 6.07) is 5.67. The normalized spacial score (nSPS) is 10.0. The van der Waals surface area contributed by atoms with Gasteiger partial charge in [0.2, 0.25) is 0 Å². The van der Waals surface area contributed by atoms with E-state index in [4.69, 9.17) is 12.2 Å². The number of nitrogens with zero attached hydrogens (tertiary/aromatic N) is 1. The maximum Gasteiger partial charge on any atom is 0.257 e. The maximum absolute atomic E-state index is 12.0. The zero-order valence-electron chi connectivity index (χ0n) is 10.6. The highest BCUT2D eigenvalue weighted by molar-refractivity contribution is 7.80. The molecular formula is C13H13N3OS2. The molecule has 1 aromatic carbocycles. The molecule has 98 valence electrons. The van der Waals surface area contributed by atoms with Crippen LogP contribution in [0.2, 0.25) is 0 Å². The van der Waals surface area contributed by atoms with Crippen molar-refractivity contribution in [3.8, 4) is 0 Å². The van der Waals surface area contributed by atoms with E-state index >= 15 is 0 Å². The number of thiocarbonyl (C=S) groups is 1. The third-order valence-corrected chi connectivity index (χ3v) is 3.26. The molecule has 0 spiro atoms. The van der Waals surface area contributed by atoms with Gasteiger partial charge in [-0.05, 0) is 38.2 Å². The van der Waals surface area contributed by atoms with Crippen molar-refractivity contribution in [1.82, 2.24) is 10.3 Å². The minimum absolute atomic E-state index is 0.221. The van der Waals surface area contributed by atoms with Crippen LogP contribution in [-0.2, 0) is 0 Å². The summed E-state index contributed by atoms with van der Waals surface area (Å²) in [4.78, 5) is 16.1. The van der Waals surface area contributed by atoms with E-state index in [2.05, 4.69) is 15.6 Å². The lowest BCUT2D eigenvalue weighted by Crippen LogP contribution is -2.34. The minimum Gasteiger partial charge on any atom is -0.308 e. The molecule has 0 bridgehead atoms. The Labute approximate surface area is 120 Å². The molecule has 1 aromatic heterocycles. The van der Waals surface area contributed by atoms with Crippen LogP contribution in [0.5, 0.6) is 0 Å². The van der Waals surface area contributed by atoms with Crippen molar-refractivity contribution in [3.63, 3.8) is 0 Å². The van der Waals surface area contributed by atoms with E-state index in [1.54, 1.807) is 6.20 Å². The Kier molecular flexibility index (Phi) is 4.24. The molecule has 2 rings (SSSR count). The SMILES string of the molecule is Cc1cc(C)cc(C(=O)NC(=S)Nc2nccs2)c1. The highest BCUT2D eigenvalue weighted by atomic mass is 32.1. The Hall–Kier alpha value is -1.79. The average molecular weight is 291 g/mol. The van der Waals surface area contributed by atoms with Gasteiger partial charge in [-0.25, -0.2) is 4.98 Å². The van der Waals surface area contributed by atoms with Crippen LogP contribution in [0.1, 0.15) is 21.5 Å². The van der Waals surface area contributed by atoms with Crippen LogP contribution in [0.15, 0.2) is 29.8 Å². The Morgan fingerprint density at radius 1 is 1.26 bits per heavy atom. The molecule has 19 heavy (non-hydrogen) atoms. The van der Waals surface area contributed by atoms with E-state index in [0.29, 0.717) is 10.7 Å². The molecular weight excluding hydrogens is 278 g/mol. The van der Waals surface area contributed by atoms with Crippen LogP contribution in [-0.4, -0.2) is 16.0 Å². The number of hydrogen-bond donors (Lipinski definition) is 2. The monoisotopic (exact) mass is 291 g/mol. The van der Waals surface area contributed by atoms with Crippen LogP contribution in [0.4, 0.5) is 5.13 Å². The molecule has 0 aliphatic rings. The molecule has 0 saturated carbocycles. The summed E-state index contributed by atoms with van der Waals surface area (Å²) in [7, 11) is 0. The van der Waals surface area contributed by atoms with Gasteiger partial charge in [0.1, 0.15) is 0 Å². The molecule has 2 N–H and O–H groups in total. The Balaban J connectivity index is 2.02. The molecule has 1 heterocycles. The largest absolute Gasteiger partial charge is 0.308 e. The third kappa shape index (κ3) is 3.84. The van der Waals surface area contributed by atoms with Gasteiger partial charge in [0.05, 0.1) is 0 Å². The predicted octanol–water partition coefficient (Wildman–Crippen LogP) is 2.89. The van der Waals surface area contributed by atoms with Gasteiger partial charge < -0.3 is 5.32 Å². The van der Waals surface area contributed by atoms with Crippen LogP contribution < -0.4 is 10.6 Å². The number of carbonyl (C=O) groups excluding carboxylic acids is 1. The molecule has 6 heteroatoms. The molecule has 0 unspecified atom stereocenters. The van der Waals surface area contributed by atoms with Crippen molar-refractivity contribution in [2.24, 2.45) is 0 Å². The number of thiazole rings is 1. The first-order valence-corrected chi connectivity index (χ1v) is 6.93. The number of amides is 1. The molecule has 0 saturated heterocycles. The first kappa shape index (κ1) is 13.6. The Morgan fingerprint density at radius 2 is 1.95 bits per heavy atom. The smallest absolute Gasteiger partial charge is 0.257 e. The lowest BCUT2D eigenvalue weighted by molar-refractivity contribution is 0.0977. The molecule has 1 amide bonds. The van der Waals surface area contributed by atoms with Gasteiger partial charge in [-0.2, -0.15) is 0 Å². The van der Waals surface area contributed by atoms with Crippen LogP contribution in [0, 0.1) is 13.8 Å². The number of benzene rings is 1. The summed E-state index contributed by atoms with van der Waals surface area (Å²) in [6.07, 6.45) is 1.67. The van der Waals surface area contributed by atoms with Crippen molar-refractivity contribution in [2.75, 3.05) is 5.32 Å². The van der Waals surface area contributed by atoms with E-state index in [1.807, 2.05) is 37.4 Å². The first-order valence-electron chi connectivity index (χ1n) is 5.65. The molecule has 0 radical (unpaired) electrons. The summed E-state index contributed by atoms with van der Waals surface area (Å²) >= 11 is 6.49. The summed E-state index contributed by atoms with van der Waals surface area (Å²) in [5.74, 6) is -0.221. The van der Waals surface area contributed by atoms with Gasteiger partial charge in [0.15, 0.2) is 10.2 Å². The van der Waals surface area contributed by atoms with E-state index < -0.39 is 0 Å². The zero-order chi connectivity index (χ0) is 13.8. The van der Waals surface area contributed by atoms with Gasteiger partial charge in [-0.3, -0.25) is 10.1 Å². The molecule has 0 aliphatic carbocycles. The summed E-state index contributed by atoms with van der Waals surface area (Å²) in [6.45, 7) is 3.91. The van der Waals surface area contributed by atoms with E-state index in [9.17, 15) is 4.79 Å². The highest BCUT2D eigenvalue weighted by Gasteiger charge is 2.09. The van der Waals surface area contributed by atoms with Crippen molar-refractivity contribution in [1.29, 1.82) is 0 Å². The Bertz CT molecular complexity index is 588. The number of rotatable bonds is 2. The second-order valence-electron chi connectivity index (χ2n) is 4.12. The van der Waals surface area contributed by atoms with Crippen LogP contribution in [0.25, 0.3) is 0 Å². The number of aryl methyl sites for hydroxylation is 2. The lowest BCUT2D eigenvalue weighted by Gasteiger charge is -2.08. The van der Waals surface area contributed by atoms with Gasteiger partial charge in [0.25, 0.3) is 5.91 Å². The second kappa shape index (κ2) is 5.90. The molecule has 0 atom stereocenters. The third-order valence-electron chi connectivity index (χ3n) is 2.36. The fraction of sp³-hybridized carbons (Fsp3) is 0.154. The fourth-order valence-corrected chi connectivity index (χ4v) is 2.48. The predicted molar refractivity (Wildman–Crippen MR) is 81.7 cm³/mol. The van der Waals surface area contributed by atoms with Crippen molar-refractivity contribution in [3.05, 3.63) is 46.5 Å². The quantitative estimate of drug-likeness (QED) is 0.835. The average Bonchev–Trinajstić information content (AvgIpc) is 2.80. The van der Waals surface area contributed by atoms with Gasteiger partial charge in [-0.15, -0.1) is 11.3 Å². The summed E-state index contributed by atoms with van der Waals surface area (Å²) < 4.78 is 0. The number of carbonyl (C=O) groups is 1. The molecule has 0 fully saturated rings. The van der Waals surface area contributed by atoms with E-state index in [-0.39, 0.29) is 11.0 Å². The number of hydrogen-bond acceptors (Lipinski definition) is 4. The number of aromatic nitrogens is 1. The number of nitrogens with one attached hydrogen (secondary N) is 2. The van der Waals surface area contributed by atoms with Crippen LogP contribution >= 0.6 is 23.6 Å². The molecule has 2 aromatic rings. The van der Waals surface area contributed by atoms with Gasteiger partial charge >= 0.3 is 0 Å². The van der Waals surface area contributed by atoms with Crippen LogP contribution in [0.3, 0.4) is 0 Å².